The highest BCUT2D eigenvalue weighted by molar-refractivity contribution is 5.94. The highest BCUT2D eigenvalue weighted by atomic mass is 19.1. The monoisotopic (exact) mass is 288 g/mol. The number of pyridine rings is 2. The van der Waals surface area contributed by atoms with E-state index in [4.69, 9.17) is 0 Å². The molecule has 1 amide bonds. The van der Waals surface area contributed by atoms with Crippen LogP contribution >= 0.6 is 0 Å². The van der Waals surface area contributed by atoms with Gasteiger partial charge >= 0.3 is 0 Å². The second-order valence-corrected chi connectivity index (χ2v) is 5.60. The molecule has 21 heavy (non-hydrogen) atoms. The van der Waals surface area contributed by atoms with Gasteiger partial charge in [-0.05, 0) is 24.3 Å². The molecule has 0 aliphatic carbocycles. The van der Waals surface area contributed by atoms with Crippen LogP contribution < -0.4 is 10.6 Å². The Morgan fingerprint density at radius 3 is 2.52 bits per heavy atom. The fourth-order valence-electron chi connectivity index (χ4n) is 1.46. The van der Waals surface area contributed by atoms with Crippen LogP contribution in [0.4, 0.5) is 21.7 Å². The minimum atomic E-state index is -0.478. The number of carbonyl (C=O) groups is 1. The molecule has 6 heteroatoms. The molecular weight excluding hydrogens is 271 g/mol. The number of aromatic nitrogens is 2. The maximum Gasteiger partial charge on any atom is 0.229 e. The maximum atomic E-state index is 13.4. The molecule has 0 fully saturated rings. The van der Waals surface area contributed by atoms with Gasteiger partial charge in [-0.25, -0.2) is 14.4 Å². The predicted molar refractivity (Wildman–Crippen MR) is 79.8 cm³/mol. The summed E-state index contributed by atoms with van der Waals surface area (Å²) >= 11 is 0. The fraction of sp³-hybridized carbons (Fsp3) is 0.267. The van der Waals surface area contributed by atoms with Crippen molar-refractivity contribution in [1.29, 1.82) is 0 Å². The minimum absolute atomic E-state index is 0.0965. The van der Waals surface area contributed by atoms with Gasteiger partial charge in [-0.2, -0.15) is 0 Å². The first-order valence-electron chi connectivity index (χ1n) is 6.51. The van der Waals surface area contributed by atoms with Crippen LogP contribution in [0.5, 0.6) is 0 Å². The zero-order valence-electron chi connectivity index (χ0n) is 12.1. The Labute approximate surface area is 122 Å². The number of rotatable bonds is 3. The molecule has 2 N–H and O–H groups in total. The van der Waals surface area contributed by atoms with Gasteiger partial charge in [0.25, 0.3) is 0 Å². The maximum absolute atomic E-state index is 13.4. The molecule has 2 aromatic rings. The van der Waals surface area contributed by atoms with E-state index in [0.29, 0.717) is 11.5 Å². The lowest BCUT2D eigenvalue weighted by molar-refractivity contribution is -0.123. The van der Waals surface area contributed by atoms with Crippen molar-refractivity contribution in [3.8, 4) is 0 Å². The van der Waals surface area contributed by atoms with Crippen molar-refractivity contribution < 1.29 is 9.18 Å². The molecule has 0 unspecified atom stereocenters. The van der Waals surface area contributed by atoms with Crippen molar-refractivity contribution in [2.75, 3.05) is 10.6 Å². The van der Waals surface area contributed by atoms with Crippen LogP contribution in [-0.2, 0) is 4.79 Å². The summed E-state index contributed by atoms with van der Waals surface area (Å²) in [6.45, 7) is 5.49. The molecule has 2 aromatic heterocycles. The van der Waals surface area contributed by atoms with Gasteiger partial charge in [0.2, 0.25) is 5.91 Å². The number of nitrogens with one attached hydrogen (secondary N) is 2. The summed E-state index contributed by atoms with van der Waals surface area (Å²) in [5.41, 5.74) is 0.107. The molecule has 5 nitrogen and oxygen atoms in total. The third-order valence-electron chi connectivity index (χ3n) is 2.71. The van der Waals surface area contributed by atoms with Crippen LogP contribution in [0, 0.1) is 11.2 Å². The number of hydrogen-bond donors (Lipinski definition) is 2. The molecule has 0 bridgehead atoms. The zero-order valence-corrected chi connectivity index (χ0v) is 12.1. The molecule has 0 aliphatic rings. The van der Waals surface area contributed by atoms with E-state index in [9.17, 15) is 9.18 Å². The molecule has 0 aromatic carbocycles. The minimum Gasteiger partial charge on any atom is -0.324 e. The van der Waals surface area contributed by atoms with E-state index < -0.39 is 11.2 Å². The van der Waals surface area contributed by atoms with Crippen molar-refractivity contribution in [3.05, 3.63) is 42.5 Å². The molecule has 0 atom stereocenters. The number of anilines is 3. The van der Waals surface area contributed by atoms with Gasteiger partial charge in [-0.15, -0.1) is 0 Å². The van der Waals surface area contributed by atoms with Crippen LogP contribution in [0.1, 0.15) is 20.8 Å². The van der Waals surface area contributed by atoms with Gasteiger partial charge in [0.1, 0.15) is 5.82 Å². The van der Waals surface area contributed by atoms with Crippen molar-refractivity contribution in [2.24, 2.45) is 5.41 Å². The van der Waals surface area contributed by atoms with E-state index in [-0.39, 0.29) is 11.7 Å². The molecule has 110 valence electrons. The first-order valence-corrected chi connectivity index (χ1v) is 6.51. The summed E-state index contributed by atoms with van der Waals surface area (Å²) in [5.74, 6) is 0.00280. The first kappa shape index (κ1) is 14.9. The normalized spacial score (nSPS) is 11.0. The Bertz CT molecular complexity index is 635. The van der Waals surface area contributed by atoms with Gasteiger partial charge in [0.05, 0.1) is 11.9 Å². The summed E-state index contributed by atoms with van der Waals surface area (Å²) in [6, 6.07) is 6.17. The largest absolute Gasteiger partial charge is 0.324 e. The molecule has 2 heterocycles. The second kappa shape index (κ2) is 5.87. The third-order valence-corrected chi connectivity index (χ3v) is 2.71. The smallest absolute Gasteiger partial charge is 0.229 e. The van der Waals surface area contributed by atoms with E-state index in [1.807, 2.05) is 20.8 Å². The lowest BCUT2D eigenvalue weighted by atomic mass is 9.96. The number of amides is 1. The SMILES string of the molecule is CC(C)(C)C(=O)Nc1ccc(Nc2ncccc2F)nc1. The highest BCUT2D eigenvalue weighted by Gasteiger charge is 2.21. The van der Waals surface area contributed by atoms with E-state index in [1.54, 1.807) is 12.1 Å². The van der Waals surface area contributed by atoms with Crippen molar-refractivity contribution in [2.45, 2.75) is 20.8 Å². The number of nitrogens with zero attached hydrogens (tertiary/aromatic N) is 2. The number of halogens is 1. The summed E-state index contributed by atoms with van der Waals surface area (Å²) in [6.07, 6.45) is 3.00. The summed E-state index contributed by atoms with van der Waals surface area (Å²) in [5, 5.41) is 5.54. The van der Waals surface area contributed by atoms with Crippen LogP contribution in [0.15, 0.2) is 36.7 Å². The highest BCUT2D eigenvalue weighted by Crippen LogP contribution is 2.19. The van der Waals surface area contributed by atoms with E-state index >= 15 is 0 Å². The van der Waals surface area contributed by atoms with Gasteiger partial charge in [0.15, 0.2) is 11.6 Å². The number of hydrogen-bond acceptors (Lipinski definition) is 4. The summed E-state index contributed by atoms with van der Waals surface area (Å²) < 4.78 is 13.4. The van der Waals surface area contributed by atoms with Gasteiger partial charge in [-0.3, -0.25) is 4.79 Å². The molecule has 0 spiro atoms. The Morgan fingerprint density at radius 2 is 1.95 bits per heavy atom. The molecule has 2 rings (SSSR count). The lowest BCUT2D eigenvalue weighted by Gasteiger charge is -2.17. The average molecular weight is 288 g/mol. The molecule has 0 radical (unpaired) electrons. The quantitative estimate of drug-likeness (QED) is 0.909. The summed E-state index contributed by atoms with van der Waals surface area (Å²) in [4.78, 5) is 19.8. The third kappa shape index (κ3) is 3.98. The Balaban J connectivity index is 2.06. The second-order valence-electron chi connectivity index (χ2n) is 5.60. The van der Waals surface area contributed by atoms with E-state index in [2.05, 4.69) is 20.6 Å². The topological polar surface area (TPSA) is 66.9 Å². The van der Waals surface area contributed by atoms with Gasteiger partial charge < -0.3 is 10.6 Å². The Kier molecular flexibility index (Phi) is 4.16. The van der Waals surface area contributed by atoms with Crippen molar-refractivity contribution >= 4 is 23.2 Å². The van der Waals surface area contributed by atoms with Crippen LogP contribution in [0.2, 0.25) is 0 Å². The molecule has 0 saturated heterocycles. The molecular formula is C15H17FN4O. The lowest BCUT2D eigenvalue weighted by Crippen LogP contribution is -2.27. The standard InChI is InChI=1S/C15H17FN4O/c1-15(2,3)14(21)19-10-6-7-12(18-9-10)20-13-11(16)5-4-8-17-13/h4-9H,1-3H3,(H,19,21)(H,17,18,20). The van der Waals surface area contributed by atoms with E-state index in [0.717, 1.165) is 0 Å². The van der Waals surface area contributed by atoms with Crippen molar-refractivity contribution in [3.63, 3.8) is 0 Å². The van der Waals surface area contributed by atoms with Crippen LogP contribution in [-0.4, -0.2) is 15.9 Å². The fourth-order valence-corrected chi connectivity index (χ4v) is 1.46. The Morgan fingerprint density at radius 1 is 1.19 bits per heavy atom. The predicted octanol–water partition coefficient (Wildman–Crippen LogP) is 3.34. The molecule has 0 aliphatic heterocycles. The zero-order chi connectivity index (χ0) is 15.5. The van der Waals surface area contributed by atoms with Crippen molar-refractivity contribution in [1.82, 2.24) is 9.97 Å². The van der Waals surface area contributed by atoms with Crippen LogP contribution in [0.25, 0.3) is 0 Å². The first-order chi connectivity index (χ1) is 9.86. The van der Waals surface area contributed by atoms with Gasteiger partial charge in [0, 0.05) is 11.6 Å². The van der Waals surface area contributed by atoms with E-state index in [1.165, 1.54) is 24.5 Å². The Hall–Kier alpha value is -2.50. The summed E-state index contributed by atoms with van der Waals surface area (Å²) in [7, 11) is 0. The average Bonchev–Trinajstić information content (AvgIpc) is 2.42. The van der Waals surface area contributed by atoms with Crippen LogP contribution in [0.3, 0.4) is 0 Å². The number of carbonyl (C=O) groups excluding carboxylic acids is 1. The molecule has 0 saturated carbocycles. The van der Waals surface area contributed by atoms with Gasteiger partial charge in [-0.1, -0.05) is 20.8 Å².